The standard InChI is InChI=1S/C14H18FN/c15-12-5-6-14-10(8-12)3-4-11(14)9-13-2-1-7-16-13/h5-6,8,11,13,16H,1-4,7,9H2. The normalized spacial score (nSPS) is 28.3. The molecule has 2 heteroatoms. The molecule has 1 nitrogen and oxygen atoms in total. The average Bonchev–Trinajstić information content (AvgIpc) is 2.89. The number of rotatable bonds is 2. The van der Waals surface area contributed by atoms with E-state index in [0.717, 1.165) is 6.42 Å². The van der Waals surface area contributed by atoms with Crippen LogP contribution in [0.2, 0.25) is 0 Å². The third kappa shape index (κ3) is 1.86. The number of hydrogen-bond acceptors (Lipinski definition) is 1. The predicted octanol–water partition coefficient (Wildman–Crippen LogP) is 3.00. The van der Waals surface area contributed by atoms with Gasteiger partial charge in [0.05, 0.1) is 0 Å². The van der Waals surface area contributed by atoms with Crippen molar-refractivity contribution in [1.82, 2.24) is 5.32 Å². The molecular formula is C14H18FN. The molecule has 1 N–H and O–H groups in total. The van der Waals surface area contributed by atoms with Crippen molar-refractivity contribution >= 4 is 0 Å². The molecule has 1 aliphatic heterocycles. The van der Waals surface area contributed by atoms with Gasteiger partial charge in [-0.2, -0.15) is 0 Å². The summed E-state index contributed by atoms with van der Waals surface area (Å²) in [6.07, 6.45) is 6.13. The molecule has 0 saturated carbocycles. The maximum Gasteiger partial charge on any atom is 0.123 e. The van der Waals surface area contributed by atoms with Crippen LogP contribution >= 0.6 is 0 Å². The first-order valence-corrected chi connectivity index (χ1v) is 6.34. The maximum atomic E-state index is 13.1. The van der Waals surface area contributed by atoms with E-state index in [-0.39, 0.29) is 5.82 Å². The van der Waals surface area contributed by atoms with E-state index in [9.17, 15) is 4.39 Å². The third-order valence-corrected chi connectivity index (χ3v) is 4.04. The van der Waals surface area contributed by atoms with Crippen LogP contribution in [-0.4, -0.2) is 12.6 Å². The van der Waals surface area contributed by atoms with E-state index in [0.29, 0.717) is 12.0 Å². The molecule has 16 heavy (non-hydrogen) atoms. The molecule has 1 saturated heterocycles. The van der Waals surface area contributed by atoms with Gasteiger partial charge in [-0.15, -0.1) is 0 Å². The number of aryl methyl sites for hydroxylation is 1. The fourth-order valence-electron chi connectivity index (χ4n) is 3.22. The van der Waals surface area contributed by atoms with E-state index in [2.05, 4.69) is 5.32 Å². The van der Waals surface area contributed by atoms with Crippen LogP contribution in [0.4, 0.5) is 4.39 Å². The second-order valence-electron chi connectivity index (χ2n) is 5.11. The highest BCUT2D eigenvalue weighted by Crippen LogP contribution is 2.37. The number of nitrogens with one attached hydrogen (secondary N) is 1. The Morgan fingerprint density at radius 3 is 3.06 bits per heavy atom. The van der Waals surface area contributed by atoms with E-state index in [1.54, 1.807) is 12.1 Å². The Hall–Kier alpha value is -0.890. The van der Waals surface area contributed by atoms with Gasteiger partial charge in [0, 0.05) is 6.04 Å². The molecule has 0 radical (unpaired) electrons. The van der Waals surface area contributed by atoms with Crippen LogP contribution in [-0.2, 0) is 6.42 Å². The van der Waals surface area contributed by atoms with Gasteiger partial charge in [0.1, 0.15) is 5.82 Å². The van der Waals surface area contributed by atoms with Crippen molar-refractivity contribution in [2.45, 2.75) is 44.1 Å². The lowest BCUT2D eigenvalue weighted by atomic mass is 9.93. The summed E-state index contributed by atoms with van der Waals surface area (Å²) in [5, 5.41) is 3.55. The molecule has 1 aromatic carbocycles. The Morgan fingerprint density at radius 1 is 1.31 bits per heavy atom. The molecule has 1 aliphatic carbocycles. The lowest BCUT2D eigenvalue weighted by Crippen LogP contribution is -2.23. The van der Waals surface area contributed by atoms with Crippen LogP contribution in [0, 0.1) is 5.82 Å². The van der Waals surface area contributed by atoms with Crippen LogP contribution in [0.25, 0.3) is 0 Å². The van der Waals surface area contributed by atoms with E-state index in [1.807, 2.05) is 6.07 Å². The summed E-state index contributed by atoms with van der Waals surface area (Å²) in [7, 11) is 0. The number of fused-ring (bicyclic) bond motifs is 1. The van der Waals surface area contributed by atoms with Crippen LogP contribution < -0.4 is 5.32 Å². The van der Waals surface area contributed by atoms with Gasteiger partial charge in [0.25, 0.3) is 0 Å². The fourth-order valence-corrected chi connectivity index (χ4v) is 3.22. The highest BCUT2D eigenvalue weighted by Gasteiger charge is 2.26. The van der Waals surface area contributed by atoms with Crippen LogP contribution in [0.15, 0.2) is 18.2 Å². The molecule has 2 atom stereocenters. The van der Waals surface area contributed by atoms with Crippen molar-refractivity contribution in [3.63, 3.8) is 0 Å². The predicted molar refractivity (Wildman–Crippen MR) is 63.1 cm³/mol. The third-order valence-electron chi connectivity index (χ3n) is 4.04. The zero-order chi connectivity index (χ0) is 11.0. The van der Waals surface area contributed by atoms with Crippen molar-refractivity contribution < 1.29 is 4.39 Å². The van der Waals surface area contributed by atoms with Crippen LogP contribution in [0.5, 0.6) is 0 Å². The quantitative estimate of drug-likeness (QED) is 0.806. The molecule has 1 heterocycles. The minimum atomic E-state index is -0.0848. The van der Waals surface area contributed by atoms with Gasteiger partial charge >= 0.3 is 0 Å². The van der Waals surface area contributed by atoms with Gasteiger partial charge in [-0.25, -0.2) is 4.39 Å². The first-order chi connectivity index (χ1) is 7.83. The highest BCUT2D eigenvalue weighted by atomic mass is 19.1. The topological polar surface area (TPSA) is 12.0 Å². The Kier molecular flexibility index (Phi) is 2.68. The van der Waals surface area contributed by atoms with Crippen molar-refractivity contribution in [1.29, 1.82) is 0 Å². The molecule has 2 aliphatic rings. The van der Waals surface area contributed by atoms with Gasteiger partial charge in [-0.3, -0.25) is 0 Å². The van der Waals surface area contributed by atoms with E-state index < -0.39 is 0 Å². The summed E-state index contributed by atoms with van der Waals surface area (Å²) in [5.41, 5.74) is 2.64. The number of benzene rings is 1. The molecule has 3 rings (SSSR count). The van der Waals surface area contributed by atoms with Gasteiger partial charge in [0.2, 0.25) is 0 Å². The van der Waals surface area contributed by atoms with Gasteiger partial charge in [0.15, 0.2) is 0 Å². The molecule has 1 aromatic rings. The molecule has 0 amide bonds. The number of halogens is 1. The summed E-state index contributed by atoms with van der Waals surface area (Å²) in [6.45, 7) is 1.17. The first-order valence-electron chi connectivity index (χ1n) is 6.34. The highest BCUT2D eigenvalue weighted by molar-refractivity contribution is 5.35. The van der Waals surface area contributed by atoms with E-state index in [4.69, 9.17) is 0 Å². The average molecular weight is 219 g/mol. The Balaban J connectivity index is 1.75. The lowest BCUT2D eigenvalue weighted by molar-refractivity contribution is 0.488. The summed E-state index contributed by atoms with van der Waals surface area (Å²) < 4.78 is 13.1. The SMILES string of the molecule is Fc1ccc2c(c1)CCC2CC1CCCN1. The molecular weight excluding hydrogens is 201 g/mol. The molecule has 0 spiro atoms. The van der Waals surface area contributed by atoms with Gasteiger partial charge in [-0.1, -0.05) is 6.07 Å². The first kappa shape index (κ1) is 10.3. The van der Waals surface area contributed by atoms with Crippen molar-refractivity contribution in [2.75, 3.05) is 6.54 Å². The van der Waals surface area contributed by atoms with Crippen LogP contribution in [0.3, 0.4) is 0 Å². The Bertz CT molecular complexity index is 382. The monoisotopic (exact) mass is 219 g/mol. The molecule has 0 aromatic heterocycles. The second-order valence-corrected chi connectivity index (χ2v) is 5.11. The van der Waals surface area contributed by atoms with Crippen molar-refractivity contribution in [3.05, 3.63) is 35.1 Å². The fraction of sp³-hybridized carbons (Fsp3) is 0.571. The van der Waals surface area contributed by atoms with Crippen molar-refractivity contribution in [2.24, 2.45) is 0 Å². The zero-order valence-corrected chi connectivity index (χ0v) is 9.51. The molecule has 86 valence electrons. The largest absolute Gasteiger partial charge is 0.314 e. The van der Waals surface area contributed by atoms with Gasteiger partial charge < -0.3 is 5.32 Å². The minimum absolute atomic E-state index is 0.0848. The maximum absolute atomic E-state index is 13.1. The van der Waals surface area contributed by atoms with E-state index >= 15 is 0 Å². The Labute approximate surface area is 96.1 Å². The second kappa shape index (κ2) is 4.17. The number of hydrogen-bond donors (Lipinski definition) is 1. The van der Waals surface area contributed by atoms with E-state index in [1.165, 1.54) is 43.4 Å². The lowest BCUT2D eigenvalue weighted by Gasteiger charge is -2.16. The Morgan fingerprint density at radius 2 is 2.25 bits per heavy atom. The zero-order valence-electron chi connectivity index (χ0n) is 9.51. The summed E-state index contributed by atoms with van der Waals surface area (Å²) in [5.74, 6) is 0.574. The minimum Gasteiger partial charge on any atom is -0.314 e. The summed E-state index contributed by atoms with van der Waals surface area (Å²) in [4.78, 5) is 0. The molecule has 2 unspecified atom stereocenters. The molecule has 1 fully saturated rings. The summed E-state index contributed by atoms with van der Waals surface area (Å²) >= 11 is 0. The molecule has 0 bridgehead atoms. The summed E-state index contributed by atoms with van der Waals surface area (Å²) in [6, 6.07) is 6.02. The van der Waals surface area contributed by atoms with Crippen molar-refractivity contribution in [3.8, 4) is 0 Å². The smallest absolute Gasteiger partial charge is 0.123 e. The van der Waals surface area contributed by atoms with Crippen LogP contribution in [0.1, 0.15) is 42.7 Å². The van der Waals surface area contributed by atoms with Gasteiger partial charge in [-0.05, 0) is 67.8 Å².